The molecule has 0 aromatic heterocycles. The van der Waals surface area contributed by atoms with Crippen LogP contribution in [0.15, 0.2) is 12.1 Å². The van der Waals surface area contributed by atoms with Crippen LogP contribution < -0.4 is 9.46 Å². The van der Waals surface area contributed by atoms with E-state index in [4.69, 9.17) is 9.47 Å². The Hall–Kier alpha value is -1.78. The number of nitrogens with zero attached hydrogens (tertiary/aromatic N) is 1. The largest absolute Gasteiger partial charge is 0.480 e. The van der Waals surface area contributed by atoms with Crippen molar-refractivity contribution in [3.63, 3.8) is 0 Å². The number of hydrogen-bond acceptors (Lipinski definition) is 5. The quantitative estimate of drug-likeness (QED) is 0.735. The molecular weight excluding hydrogens is 430 g/mol. The van der Waals surface area contributed by atoms with Crippen LogP contribution in [0.5, 0.6) is 5.75 Å². The highest BCUT2D eigenvalue weighted by Gasteiger charge is 2.38. The van der Waals surface area contributed by atoms with Gasteiger partial charge in [-0.05, 0) is 50.5 Å². The van der Waals surface area contributed by atoms with E-state index in [1.165, 1.54) is 6.07 Å². The SMILES string of the molecule is CS(=O)(=O)NC1CCCN2C(=O)COc3c(F)cc(F)cc3C3CCC(CC3)OCC12. The minimum atomic E-state index is -3.47. The van der Waals surface area contributed by atoms with Crippen molar-refractivity contribution in [2.75, 3.05) is 26.0 Å². The maximum atomic E-state index is 14.6. The molecule has 7 nitrogen and oxygen atoms in total. The van der Waals surface area contributed by atoms with Crippen LogP contribution in [-0.4, -0.2) is 63.4 Å². The fraction of sp³-hybridized carbons (Fsp3) is 0.667. The van der Waals surface area contributed by atoms with Crippen molar-refractivity contribution >= 4 is 15.9 Å². The molecular formula is C21H28F2N2O5S. The van der Waals surface area contributed by atoms with Crippen LogP contribution in [0, 0.1) is 11.6 Å². The molecule has 2 unspecified atom stereocenters. The number of halogens is 2. The Morgan fingerprint density at radius 1 is 1.13 bits per heavy atom. The third-order valence-electron chi connectivity index (χ3n) is 6.46. The number of nitrogens with one attached hydrogen (secondary N) is 1. The first-order chi connectivity index (χ1) is 14.7. The molecule has 2 bridgehead atoms. The molecule has 2 atom stereocenters. The highest BCUT2D eigenvalue weighted by molar-refractivity contribution is 7.88. The molecule has 31 heavy (non-hydrogen) atoms. The number of benzene rings is 1. The lowest BCUT2D eigenvalue weighted by Crippen LogP contribution is -2.59. The van der Waals surface area contributed by atoms with Crippen LogP contribution in [0.4, 0.5) is 8.78 Å². The lowest BCUT2D eigenvalue weighted by Gasteiger charge is -2.41. The molecule has 2 fully saturated rings. The molecule has 3 heterocycles. The second kappa shape index (κ2) is 8.99. The molecule has 1 aliphatic carbocycles. The number of rotatable bonds is 2. The molecule has 1 aromatic rings. The third-order valence-corrected chi connectivity index (χ3v) is 7.19. The van der Waals surface area contributed by atoms with Crippen molar-refractivity contribution in [3.8, 4) is 5.75 Å². The van der Waals surface area contributed by atoms with Gasteiger partial charge in [-0.2, -0.15) is 0 Å². The van der Waals surface area contributed by atoms with Gasteiger partial charge in [0.15, 0.2) is 18.2 Å². The summed E-state index contributed by atoms with van der Waals surface area (Å²) in [5.74, 6) is -2.01. The van der Waals surface area contributed by atoms with Gasteiger partial charge in [-0.25, -0.2) is 21.9 Å². The lowest BCUT2D eigenvalue weighted by atomic mass is 9.82. The van der Waals surface area contributed by atoms with Crippen LogP contribution >= 0.6 is 0 Å². The van der Waals surface area contributed by atoms with Gasteiger partial charge in [-0.3, -0.25) is 4.79 Å². The van der Waals surface area contributed by atoms with E-state index in [1.54, 1.807) is 4.90 Å². The lowest BCUT2D eigenvalue weighted by molar-refractivity contribution is -0.140. The molecule has 10 heteroatoms. The molecule has 3 aliphatic heterocycles. The highest BCUT2D eigenvalue weighted by atomic mass is 32.2. The standard InChI is InChI=1S/C21H28F2N2O5S/c1-31(27,28)24-18-3-2-8-25-19(18)11-29-15-6-4-13(5-7-15)16-9-14(22)10-17(23)21(16)30-12-20(25)26/h9-10,13,15,18-19,24H,2-8,11-12H2,1H3. The maximum Gasteiger partial charge on any atom is 0.260 e. The Balaban J connectivity index is 1.65. The monoisotopic (exact) mass is 458 g/mol. The van der Waals surface area contributed by atoms with Gasteiger partial charge in [-0.15, -0.1) is 0 Å². The van der Waals surface area contributed by atoms with Crippen molar-refractivity contribution < 1.29 is 31.5 Å². The fourth-order valence-corrected chi connectivity index (χ4v) is 5.84. The van der Waals surface area contributed by atoms with Crippen molar-refractivity contribution in [2.24, 2.45) is 0 Å². The summed E-state index contributed by atoms with van der Waals surface area (Å²) >= 11 is 0. The second-order valence-corrected chi connectivity index (χ2v) is 10.5. The van der Waals surface area contributed by atoms with E-state index in [9.17, 15) is 22.0 Å². The van der Waals surface area contributed by atoms with Crippen LogP contribution in [0.3, 0.4) is 0 Å². The summed E-state index contributed by atoms with van der Waals surface area (Å²) < 4.78 is 66.6. The normalized spacial score (nSPS) is 29.8. The predicted molar refractivity (Wildman–Crippen MR) is 109 cm³/mol. The van der Waals surface area contributed by atoms with Crippen molar-refractivity contribution in [1.82, 2.24) is 9.62 Å². The average molecular weight is 459 g/mol. The maximum absolute atomic E-state index is 14.6. The first kappa shape index (κ1) is 22.4. The van der Waals surface area contributed by atoms with Gasteiger partial charge >= 0.3 is 0 Å². The molecule has 1 aromatic carbocycles. The number of carbonyl (C=O) groups excluding carboxylic acids is 1. The minimum absolute atomic E-state index is 0.0439. The summed E-state index contributed by atoms with van der Waals surface area (Å²) in [5.41, 5.74) is 0.454. The Kier molecular flexibility index (Phi) is 6.50. The average Bonchev–Trinajstić information content (AvgIpc) is 2.71. The number of piperidine rings is 1. The molecule has 5 rings (SSSR count). The predicted octanol–water partition coefficient (Wildman–Crippen LogP) is 2.31. The molecule has 1 saturated heterocycles. The zero-order valence-electron chi connectivity index (χ0n) is 17.5. The Labute approximate surface area is 181 Å². The molecule has 0 radical (unpaired) electrons. The van der Waals surface area contributed by atoms with E-state index < -0.39 is 40.3 Å². The van der Waals surface area contributed by atoms with Crippen LogP contribution in [0.2, 0.25) is 0 Å². The van der Waals surface area contributed by atoms with Gasteiger partial charge in [0.05, 0.1) is 25.0 Å². The summed E-state index contributed by atoms with van der Waals surface area (Å²) in [6, 6.07) is 1.12. The minimum Gasteiger partial charge on any atom is -0.480 e. The molecule has 4 aliphatic rings. The molecule has 0 spiro atoms. The van der Waals surface area contributed by atoms with Gasteiger partial charge in [0.1, 0.15) is 5.82 Å². The fourth-order valence-electron chi connectivity index (χ4n) is 5.01. The molecule has 1 saturated carbocycles. The zero-order valence-corrected chi connectivity index (χ0v) is 18.3. The van der Waals surface area contributed by atoms with Gasteiger partial charge in [0, 0.05) is 24.2 Å². The van der Waals surface area contributed by atoms with Crippen LogP contribution in [0.1, 0.15) is 50.0 Å². The highest BCUT2D eigenvalue weighted by Crippen LogP contribution is 2.40. The van der Waals surface area contributed by atoms with E-state index in [0.717, 1.165) is 12.3 Å². The number of sulfonamides is 1. The number of ether oxygens (including phenoxy) is 2. The van der Waals surface area contributed by atoms with E-state index in [1.807, 2.05) is 0 Å². The summed E-state index contributed by atoms with van der Waals surface area (Å²) in [6.45, 7) is 0.238. The molecule has 172 valence electrons. The van der Waals surface area contributed by atoms with Crippen LogP contribution in [0.25, 0.3) is 0 Å². The first-order valence-electron chi connectivity index (χ1n) is 10.7. The van der Waals surface area contributed by atoms with Crippen molar-refractivity contribution in [2.45, 2.75) is 62.6 Å². The van der Waals surface area contributed by atoms with Crippen LogP contribution in [-0.2, 0) is 19.6 Å². The Bertz CT molecular complexity index is 934. The topological polar surface area (TPSA) is 84.9 Å². The molecule has 1 amide bonds. The van der Waals surface area contributed by atoms with Gasteiger partial charge < -0.3 is 14.4 Å². The Morgan fingerprint density at radius 3 is 2.58 bits per heavy atom. The van der Waals surface area contributed by atoms with Gasteiger partial charge in [-0.1, -0.05) is 0 Å². The van der Waals surface area contributed by atoms with E-state index in [-0.39, 0.29) is 30.3 Å². The third kappa shape index (κ3) is 5.18. The zero-order chi connectivity index (χ0) is 22.2. The van der Waals surface area contributed by atoms with Gasteiger partial charge in [0.2, 0.25) is 10.0 Å². The number of carbonyl (C=O) groups is 1. The summed E-state index contributed by atoms with van der Waals surface area (Å²) in [7, 11) is -3.47. The number of fused-ring (bicyclic) bond motifs is 5. The summed E-state index contributed by atoms with van der Waals surface area (Å²) in [5, 5.41) is 0. The number of hydrogen-bond donors (Lipinski definition) is 1. The van der Waals surface area contributed by atoms with E-state index in [0.29, 0.717) is 50.6 Å². The summed E-state index contributed by atoms with van der Waals surface area (Å²) in [6.07, 6.45) is 5.08. The van der Waals surface area contributed by atoms with Crippen molar-refractivity contribution in [3.05, 3.63) is 29.3 Å². The van der Waals surface area contributed by atoms with E-state index in [2.05, 4.69) is 4.72 Å². The second-order valence-electron chi connectivity index (χ2n) is 8.69. The smallest absolute Gasteiger partial charge is 0.260 e. The Morgan fingerprint density at radius 2 is 1.87 bits per heavy atom. The van der Waals surface area contributed by atoms with Crippen molar-refractivity contribution in [1.29, 1.82) is 0 Å². The van der Waals surface area contributed by atoms with E-state index >= 15 is 0 Å². The molecule has 1 N–H and O–H groups in total. The summed E-state index contributed by atoms with van der Waals surface area (Å²) in [4.78, 5) is 14.6. The number of amides is 1. The first-order valence-corrected chi connectivity index (χ1v) is 12.6. The van der Waals surface area contributed by atoms with Gasteiger partial charge in [0.25, 0.3) is 5.91 Å².